The summed E-state index contributed by atoms with van der Waals surface area (Å²) in [5.74, 6) is -0.209. The van der Waals surface area contributed by atoms with E-state index in [0.29, 0.717) is 19.5 Å². The number of β-amino-alcohol motifs (C(OH)–C–C–N with tert-alkyl or cyclic N) is 1. The zero-order valence-corrected chi connectivity index (χ0v) is 9.22. The van der Waals surface area contributed by atoms with E-state index in [1.807, 2.05) is 11.8 Å². The number of likely N-dealkylation sites (tertiary alicyclic amines) is 1. The van der Waals surface area contributed by atoms with Gasteiger partial charge in [-0.3, -0.25) is 9.69 Å². The number of carbonyl (C=O) groups excluding carboxylic acids is 1. The van der Waals surface area contributed by atoms with Crippen LogP contribution in [-0.4, -0.2) is 60.0 Å². The average Bonchev–Trinajstić information content (AvgIpc) is 2.58. The Labute approximate surface area is 89.6 Å². The first-order chi connectivity index (χ1) is 7.08. The Morgan fingerprint density at radius 3 is 2.87 bits per heavy atom. The van der Waals surface area contributed by atoms with Gasteiger partial charge in [0, 0.05) is 26.1 Å². The summed E-state index contributed by atoms with van der Waals surface area (Å²) < 4.78 is 4.67. The molecule has 0 aromatic rings. The van der Waals surface area contributed by atoms with Gasteiger partial charge in [-0.05, 0) is 5.92 Å². The smallest absolute Gasteiger partial charge is 0.323 e. The molecule has 0 bridgehead atoms. The van der Waals surface area contributed by atoms with Gasteiger partial charge in [-0.2, -0.15) is 0 Å². The molecule has 5 heteroatoms. The summed E-state index contributed by atoms with van der Waals surface area (Å²) in [6, 6.07) is -0.362. The monoisotopic (exact) mass is 217 g/mol. The number of hydrogen-bond acceptors (Lipinski definition) is 5. The van der Waals surface area contributed by atoms with Crippen LogP contribution in [0.2, 0.25) is 0 Å². The molecule has 0 aromatic carbocycles. The first kappa shape index (κ1) is 12.4. The van der Waals surface area contributed by atoms with Crippen molar-refractivity contribution in [3.8, 4) is 0 Å². The molecule has 3 atom stereocenters. The lowest BCUT2D eigenvalue weighted by Crippen LogP contribution is -2.40. The van der Waals surface area contributed by atoms with Gasteiger partial charge in [-0.1, -0.05) is 6.92 Å². The van der Waals surface area contributed by atoms with Gasteiger partial charge >= 0.3 is 5.97 Å². The first-order valence-corrected chi connectivity index (χ1v) is 5.19. The van der Waals surface area contributed by atoms with Crippen molar-refractivity contribution < 1.29 is 19.7 Å². The lowest BCUT2D eigenvalue weighted by molar-refractivity contribution is -0.146. The van der Waals surface area contributed by atoms with Crippen LogP contribution in [0.25, 0.3) is 0 Å². The van der Waals surface area contributed by atoms with Gasteiger partial charge in [-0.25, -0.2) is 0 Å². The average molecular weight is 217 g/mol. The molecule has 88 valence electrons. The van der Waals surface area contributed by atoms with Gasteiger partial charge in [0.05, 0.1) is 13.2 Å². The van der Waals surface area contributed by atoms with Crippen LogP contribution in [0.5, 0.6) is 0 Å². The molecule has 1 aliphatic heterocycles. The molecule has 1 fully saturated rings. The fourth-order valence-corrected chi connectivity index (χ4v) is 1.92. The van der Waals surface area contributed by atoms with Gasteiger partial charge in [0.25, 0.3) is 0 Å². The molecule has 0 amide bonds. The van der Waals surface area contributed by atoms with Gasteiger partial charge in [0.2, 0.25) is 0 Å². The Hall–Kier alpha value is -0.650. The van der Waals surface area contributed by atoms with Crippen molar-refractivity contribution in [1.29, 1.82) is 0 Å². The zero-order chi connectivity index (χ0) is 11.4. The lowest BCUT2D eigenvalue weighted by Gasteiger charge is -2.24. The van der Waals surface area contributed by atoms with Crippen molar-refractivity contribution in [2.45, 2.75) is 25.5 Å². The molecule has 3 unspecified atom stereocenters. The normalized spacial score (nSPS) is 29.1. The molecule has 0 spiro atoms. The van der Waals surface area contributed by atoms with E-state index < -0.39 is 6.10 Å². The topological polar surface area (TPSA) is 70.0 Å². The number of rotatable bonds is 4. The first-order valence-electron chi connectivity index (χ1n) is 5.19. The SMILES string of the molecule is COC(=O)C1CC(O)CN1CC(C)CO. The molecule has 0 radical (unpaired) electrons. The largest absolute Gasteiger partial charge is 0.468 e. The highest BCUT2D eigenvalue weighted by Crippen LogP contribution is 2.20. The lowest BCUT2D eigenvalue weighted by atomic mass is 10.1. The molecule has 0 aliphatic carbocycles. The van der Waals surface area contributed by atoms with Crippen molar-refractivity contribution >= 4 is 5.97 Å². The molecule has 0 saturated carbocycles. The minimum Gasteiger partial charge on any atom is -0.468 e. The van der Waals surface area contributed by atoms with Crippen LogP contribution in [0, 0.1) is 5.92 Å². The number of aliphatic hydroxyl groups is 2. The number of methoxy groups -OCH3 is 1. The summed E-state index contributed by atoms with van der Waals surface area (Å²) >= 11 is 0. The highest BCUT2D eigenvalue weighted by atomic mass is 16.5. The molecular weight excluding hydrogens is 198 g/mol. The molecule has 1 aliphatic rings. The number of nitrogens with zero attached hydrogens (tertiary/aromatic N) is 1. The second-order valence-corrected chi connectivity index (χ2v) is 4.17. The second-order valence-electron chi connectivity index (χ2n) is 4.17. The number of carbonyl (C=O) groups is 1. The predicted molar refractivity (Wildman–Crippen MR) is 54.3 cm³/mol. The summed E-state index contributed by atoms with van der Waals surface area (Å²) in [7, 11) is 1.35. The molecule has 15 heavy (non-hydrogen) atoms. The van der Waals surface area contributed by atoms with Crippen LogP contribution >= 0.6 is 0 Å². The predicted octanol–water partition coefficient (Wildman–Crippen LogP) is -0.777. The van der Waals surface area contributed by atoms with Gasteiger partial charge in [-0.15, -0.1) is 0 Å². The van der Waals surface area contributed by atoms with Crippen LogP contribution in [0.3, 0.4) is 0 Å². The van der Waals surface area contributed by atoms with Gasteiger partial charge < -0.3 is 14.9 Å². The minimum absolute atomic E-state index is 0.0838. The van der Waals surface area contributed by atoms with Crippen molar-refractivity contribution in [3.63, 3.8) is 0 Å². The Morgan fingerprint density at radius 1 is 1.67 bits per heavy atom. The van der Waals surface area contributed by atoms with Crippen LogP contribution in [0.15, 0.2) is 0 Å². The van der Waals surface area contributed by atoms with E-state index in [-0.39, 0.29) is 24.5 Å². The molecular formula is C10H19NO4. The molecule has 5 nitrogen and oxygen atoms in total. The van der Waals surface area contributed by atoms with E-state index in [1.165, 1.54) is 7.11 Å². The van der Waals surface area contributed by atoms with Crippen molar-refractivity contribution in [1.82, 2.24) is 4.90 Å². The van der Waals surface area contributed by atoms with Crippen molar-refractivity contribution in [2.75, 3.05) is 26.8 Å². The van der Waals surface area contributed by atoms with Crippen LogP contribution < -0.4 is 0 Å². The highest BCUT2D eigenvalue weighted by Gasteiger charge is 2.36. The molecule has 0 aromatic heterocycles. The Bertz CT molecular complexity index is 221. The maximum Gasteiger partial charge on any atom is 0.323 e. The van der Waals surface area contributed by atoms with E-state index in [4.69, 9.17) is 5.11 Å². The standard InChI is InChI=1S/C10H19NO4/c1-7(6-12)4-11-5-8(13)3-9(11)10(14)15-2/h7-9,12-13H,3-6H2,1-2H3. The van der Waals surface area contributed by atoms with E-state index in [0.717, 1.165) is 0 Å². The van der Waals surface area contributed by atoms with Crippen molar-refractivity contribution in [2.24, 2.45) is 5.92 Å². The highest BCUT2D eigenvalue weighted by molar-refractivity contribution is 5.76. The third-order valence-corrected chi connectivity index (χ3v) is 2.71. The van der Waals surface area contributed by atoms with Crippen molar-refractivity contribution in [3.05, 3.63) is 0 Å². The molecule has 2 N–H and O–H groups in total. The van der Waals surface area contributed by atoms with E-state index in [1.54, 1.807) is 0 Å². The second kappa shape index (κ2) is 5.44. The van der Waals surface area contributed by atoms with E-state index >= 15 is 0 Å². The fraction of sp³-hybridized carbons (Fsp3) is 0.900. The van der Waals surface area contributed by atoms with Gasteiger partial charge in [0.1, 0.15) is 6.04 Å². The maximum atomic E-state index is 11.4. The fourth-order valence-electron chi connectivity index (χ4n) is 1.92. The summed E-state index contributed by atoms with van der Waals surface area (Å²) in [6.07, 6.45) is -0.0508. The quantitative estimate of drug-likeness (QED) is 0.605. The maximum absolute atomic E-state index is 11.4. The molecule has 1 heterocycles. The minimum atomic E-state index is -0.472. The third kappa shape index (κ3) is 3.15. The molecule has 1 rings (SSSR count). The van der Waals surface area contributed by atoms with Gasteiger partial charge in [0.15, 0.2) is 0 Å². The molecule has 1 saturated heterocycles. The van der Waals surface area contributed by atoms with Crippen LogP contribution in [0.4, 0.5) is 0 Å². The summed E-state index contributed by atoms with van der Waals surface area (Å²) in [5.41, 5.74) is 0. The third-order valence-electron chi connectivity index (χ3n) is 2.71. The zero-order valence-electron chi connectivity index (χ0n) is 9.22. The Kier molecular flexibility index (Phi) is 4.50. The Balaban J connectivity index is 2.56. The van der Waals surface area contributed by atoms with Crippen LogP contribution in [-0.2, 0) is 9.53 Å². The summed E-state index contributed by atoms with van der Waals surface area (Å²) in [5, 5.41) is 18.4. The Morgan fingerprint density at radius 2 is 2.33 bits per heavy atom. The number of aliphatic hydroxyl groups excluding tert-OH is 2. The van der Waals surface area contributed by atoms with E-state index in [9.17, 15) is 9.90 Å². The summed E-state index contributed by atoms with van der Waals surface area (Å²) in [4.78, 5) is 13.3. The van der Waals surface area contributed by atoms with Crippen LogP contribution in [0.1, 0.15) is 13.3 Å². The number of ether oxygens (including phenoxy) is 1. The number of esters is 1. The van der Waals surface area contributed by atoms with E-state index in [2.05, 4.69) is 4.74 Å². The number of hydrogen-bond donors (Lipinski definition) is 2. The summed E-state index contributed by atoms with van der Waals surface area (Å²) in [6.45, 7) is 3.07.